The fourth-order valence-electron chi connectivity index (χ4n) is 2.06. The van der Waals surface area contributed by atoms with Crippen LogP contribution in [0.2, 0.25) is 10.0 Å². The van der Waals surface area contributed by atoms with Gasteiger partial charge in [-0.25, -0.2) is 5.10 Å². The average molecular weight is 411 g/mol. The van der Waals surface area contributed by atoms with Crippen molar-refractivity contribution in [2.45, 2.75) is 6.61 Å². The maximum Gasteiger partial charge on any atom is 0.216 e. The molecule has 26 heavy (non-hydrogen) atoms. The number of aromatic hydroxyl groups is 2. The molecular weight excluding hydrogens is 399 g/mol. The van der Waals surface area contributed by atoms with Gasteiger partial charge in [0.1, 0.15) is 18.1 Å². The van der Waals surface area contributed by atoms with Crippen LogP contribution in [0, 0.1) is 4.77 Å². The maximum absolute atomic E-state index is 9.81. The van der Waals surface area contributed by atoms with Crippen molar-refractivity contribution in [3.05, 3.63) is 62.6 Å². The number of ether oxygens (including phenoxy) is 1. The summed E-state index contributed by atoms with van der Waals surface area (Å²) in [6, 6.07) is 9.18. The molecule has 0 aliphatic carbocycles. The molecule has 7 nitrogen and oxygen atoms in total. The summed E-state index contributed by atoms with van der Waals surface area (Å²) >= 11 is 17.3. The molecule has 0 unspecified atom stereocenters. The molecule has 2 aromatic carbocycles. The Morgan fingerprint density at radius 2 is 1.96 bits per heavy atom. The minimum atomic E-state index is -0.121. The predicted octanol–water partition coefficient (Wildman–Crippen LogP) is 4.12. The van der Waals surface area contributed by atoms with Crippen LogP contribution in [0.1, 0.15) is 11.4 Å². The average Bonchev–Trinajstić information content (AvgIpc) is 2.94. The van der Waals surface area contributed by atoms with Crippen molar-refractivity contribution in [1.29, 1.82) is 0 Å². The van der Waals surface area contributed by atoms with E-state index in [9.17, 15) is 10.2 Å². The lowest BCUT2D eigenvalue weighted by molar-refractivity contribution is 0.291. The van der Waals surface area contributed by atoms with E-state index < -0.39 is 0 Å². The molecule has 0 saturated carbocycles. The highest BCUT2D eigenvalue weighted by Crippen LogP contribution is 2.32. The van der Waals surface area contributed by atoms with E-state index in [-0.39, 0.29) is 22.9 Å². The summed E-state index contributed by atoms with van der Waals surface area (Å²) < 4.78 is 7.21. The highest BCUT2D eigenvalue weighted by atomic mass is 35.5. The Bertz CT molecular complexity index is 1010. The number of aromatic nitrogens is 3. The van der Waals surface area contributed by atoms with Crippen LogP contribution < -0.4 is 4.74 Å². The largest absolute Gasteiger partial charge is 0.508 e. The predicted molar refractivity (Wildman–Crippen MR) is 101 cm³/mol. The van der Waals surface area contributed by atoms with Crippen LogP contribution in [0.5, 0.6) is 17.2 Å². The van der Waals surface area contributed by atoms with E-state index in [0.29, 0.717) is 27.2 Å². The first-order valence-electron chi connectivity index (χ1n) is 7.25. The van der Waals surface area contributed by atoms with Crippen molar-refractivity contribution in [3.63, 3.8) is 0 Å². The summed E-state index contributed by atoms with van der Waals surface area (Å²) in [7, 11) is 0. The van der Waals surface area contributed by atoms with Crippen molar-refractivity contribution >= 4 is 41.6 Å². The number of hydrogen-bond acceptors (Lipinski definition) is 6. The Balaban J connectivity index is 1.83. The zero-order valence-electron chi connectivity index (χ0n) is 13.1. The zero-order chi connectivity index (χ0) is 18.7. The Hall–Kier alpha value is -2.55. The van der Waals surface area contributed by atoms with Gasteiger partial charge in [-0.1, -0.05) is 29.3 Å². The fraction of sp³-hybridized carbons (Fsp3) is 0.0625. The van der Waals surface area contributed by atoms with Gasteiger partial charge in [0.2, 0.25) is 4.77 Å². The number of phenols is 2. The molecule has 3 N–H and O–H groups in total. The number of nitrogens with zero attached hydrogens (tertiary/aromatic N) is 3. The van der Waals surface area contributed by atoms with E-state index in [2.05, 4.69) is 15.3 Å². The molecular formula is C16H12Cl2N4O3S. The van der Waals surface area contributed by atoms with Crippen LogP contribution in [0.3, 0.4) is 0 Å². The first-order chi connectivity index (χ1) is 12.5. The Kier molecular flexibility index (Phi) is 5.46. The highest BCUT2D eigenvalue weighted by molar-refractivity contribution is 7.71. The van der Waals surface area contributed by atoms with Gasteiger partial charge in [0, 0.05) is 11.6 Å². The fourth-order valence-corrected chi connectivity index (χ4v) is 2.76. The summed E-state index contributed by atoms with van der Waals surface area (Å²) in [5.41, 5.74) is 0.395. The number of phenolic OH excluding ortho intramolecular Hbond substituents is 2. The minimum Gasteiger partial charge on any atom is -0.508 e. The Morgan fingerprint density at radius 1 is 1.23 bits per heavy atom. The molecule has 3 rings (SSSR count). The van der Waals surface area contributed by atoms with E-state index in [4.69, 9.17) is 40.2 Å². The molecule has 0 saturated heterocycles. The van der Waals surface area contributed by atoms with Gasteiger partial charge >= 0.3 is 0 Å². The van der Waals surface area contributed by atoms with Gasteiger partial charge in [0.05, 0.1) is 16.3 Å². The Labute approximate surface area is 163 Å². The topological polar surface area (TPSA) is 95.7 Å². The van der Waals surface area contributed by atoms with Crippen LogP contribution in [0.15, 0.2) is 41.5 Å². The van der Waals surface area contributed by atoms with Gasteiger partial charge in [-0.15, -0.1) is 0 Å². The van der Waals surface area contributed by atoms with Crippen molar-refractivity contribution in [1.82, 2.24) is 14.9 Å². The molecule has 0 aliphatic rings. The van der Waals surface area contributed by atoms with Gasteiger partial charge in [0.25, 0.3) is 0 Å². The number of benzene rings is 2. The maximum atomic E-state index is 9.81. The number of halogens is 2. The second-order valence-electron chi connectivity index (χ2n) is 5.08. The molecule has 0 spiro atoms. The lowest BCUT2D eigenvalue weighted by Gasteiger charge is -2.09. The first kappa shape index (κ1) is 18.2. The number of H-pyrrole nitrogens is 1. The summed E-state index contributed by atoms with van der Waals surface area (Å²) in [4.78, 5) is 0. The molecule has 10 heteroatoms. The van der Waals surface area contributed by atoms with Crippen molar-refractivity contribution in [2.75, 3.05) is 0 Å². The summed E-state index contributed by atoms with van der Waals surface area (Å²) in [5, 5.41) is 30.7. The second-order valence-corrected chi connectivity index (χ2v) is 6.29. The normalized spacial score (nSPS) is 11.2. The lowest BCUT2D eigenvalue weighted by atomic mass is 10.2. The second kappa shape index (κ2) is 7.77. The van der Waals surface area contributed by atoms with Gasteiger partial charge in [-0.05, 0) is 36.5 Å². The number of aromatic amines is 1. The molecule has 0 bridgehead atoms. The SMILES string of the molecule is Oc1ccc(/C=N/n2c(COc3c(Cl)cccc3Cl)n[nH]c2=S)c(O)c1. The third-order valence-electron chi connectivity index (χ3n) is 3.31. The van der Waals surface area contributed by atoms with Crippen LogP contribution in [0.25, 0.3) is 0 Å². The molecule has 0 atom stereocenters. The third-order valence-corrected chi connectivity index (χ3v) is 4.17. The molecule has 0 aliphatic heterocycles. The number of nitrogens with one attached hydrogen (secondary N) is 1. The van der Waals surface area contributed by atoms with E-state index in [1.807, 2.05) is 0 Å². The molecule has 1 aromatic heterocycles. The quantitative estimate of drug-likeness (QED) is 0.434. The van der Waals surface area contributed by atoms with Gasteiger partial charge in [-0.3, -0.25) is 0 Å². The van der Waals surface area contributed by atoms with E-state index >= 15 is 0 Å². The van der Waals surface area contributed by atoms with Crippen molar-refractivity contribution < 1.29 is 14.9 Å². The van der Waals surface area contributed by atoms with Gasteiger partial charge < -0.3 is 14.9 Å². The van der Waals surface area contributed by atoms with Crippen LogP contribution in [0.4, 0.5) is 0 Å². The van der Waals surface area contributed by atoms with E-state index in [1.165, 1.54) is 29.1 Å². The number of hydrogen-bond donors (Lipinski definition) is 3. The smallest absolute Gasteiger partial charge is 0.216 e. The molecule has 0 fully saturated rings. The van der Waals surface area contributed by atoms with Gasteiger partial charge in [-0.2, -0.15) is 14.9 Å². The van der Waals surface area contributed by atoms with Crippen molar-refractivity contribution in [2.24, 2.45) is 5.10 Å². The van der Waals surface area contributed by atoms with Crippen molar-refractivity contribution in [3.8, 4) is 17.2 Å². The standard InChI is InChI=1S/C16H12Cl2N4O3S/c17-11-2-1-3-12(18)15(11)25-8-14-20-21-16(26)22(14)19-7-9-4-5-10(23)6-13(9)24/h1-7,23-24H,8H2,(H,21,26)/b19-7+. The zero-order valence-corrected chi connectivity index (χ0v) is 15.4. The molecule has 0 amide bonds. The molecule has 0 radical (unpaired) electrons. The lowest BCUT2D eigenvalue weighted by Crippen LogP contribution is -2.04. The van der Waals surface area contributed by atoms with Crippen LogP contribution in [-0.4, -0.2) is 31.3 Å². The summed E-state index contributed by atoms with van der Waals surface area (Å²) in [5.74, 6) is 0.534. The Morgan fingerprint density at radius 3 is 2.65 bits per heavy atom. The van der Waals surface area contributed by atoms with Crippen LogP contribution in [-0.2, 0) is 6.61 Å². The van der Waals surface area contributed by atoms with E-state index in [1.54, 1.807) is 18.2 Å². The van der Waals surface area contributed by atoms with E-state index in [0.717, 1.165) is 0 Å². The first-order valence-corrected chi connectivity index (χ1v) is 8.41. The van der Waals surface area contributed by atoms with Gasteiger partial charge in [0.15, 0.2) is 11.6 Å². The minimum absolute atomic E-state index is 0.00942. The number of rotatable bonds is 5. The summed E-state index contributed by atoms with van der Waals surface area (Å²) in [6.07, 6.45) is 1.38. The van der Waals surface area contributed by atoms with Crippen LogP contribution >= 0.6 is 35.4 Å². The molecule has 3 aromatic rings. The monoisotopic (exact) mass is 410 g/mol. The molecule has 1 heterocycles. The highest BCUT2D eigenvalue weighted by Gasteiger charge is 2.11. The summed E-state index contributed by atoms with van der Waals surface area (Å²) in [6.45, 7) is 0.00942. The number of para-hydroxylation sites is 1. The third kappa shape index (κ3) is 3.98. The molecule has 134 valence electrons.